The Bertz CT molecular complexity index is 1030. The number of carbonyl (C=O) groups is 1. The molecule has 4 rings (SSSR count). The Balaban J connectivity index is 1.88. The van der Waals surface area contributed by atoms with Crippen molar-refractivity contribution in [1.82, 2.24) is 5.32 Å². The molecule has 2 N–H and O–H groups in total. The minimum absolute atomic E-state index is 0.341. The molecule has 9 heteroatoms. The highest BCUT2D eigenvalue weighted by Crippen LogP contribution is 2.51. The fourth-order valence-corrected chi connectivity index (χ4v) is 5.42. The second kappa shape index (κ2) is 7.55. The van der Waals surface area contributed by atoms with Crippen LogP contribution in [0.5, 0.6) is 11.5 Å². The number of methoxy groups -OCH3 is 1. The second-order valence-electron chi connectivity index (χ2n) is 7.46. The van der Waals surface area contributed by atoms with Crippen molar-refractivity contribution in [2.45, 2.75) is 37.4 Å². The van der Waals surface area contributed by atoms with Crippen LogP contribution in [0.3, 0.4) is 0 Å². The fraction of sp³-hybridized carbons (Fsp3) is 0.381. The molecular weight excluding hydrogens is 454 g/mol. The molecule has 0 bridgehead atoms. The minimum atomic E-state index is -1.44. The first-order chi connectivity index (χ1) is 14.3. The topological polar surface area (TPSA) is 103 Å². The monoisotopic (exact) mass is 475 g/mol. The number of anilines is 1. The number of nitro groups is 1. The van der Waals surface area contributed by atoms with Gasteiger partial charge in [0.25, 0.3) is 11.9 Å². The SMILES string of the molecule is CCOc1cc([C@@H]2[C@H](C)N[C@@]3(C(=O)Nc4ccccc43)[C@H]2[N+](=O)[O-])cc(Br)c1OC. The van der Waals surface area contributed by atoms with Gasteiger partial charge in [0.15, 0.2) is 17.0 Å². The zero-order valence-corrected chi connectivity index (χ0v) is 18.4. The molecule has 2 heterocycles. The van der Waals surface area contributed by atoms with Gasteiger partial charge in [0.1, 0.15) is 0 Å². The van der Waals surface area contributed by atoms with E-state index < -0.39 is 23.4 Å². The molecule has 2 aliphatic heterocycles. The van der Waals surface area contributed by atoms with Gasteiger partial charge < -0.3 is 14.8 Å². The maximum Gasteiger partial charge on any atom is 0.256 e. The summed E-state index contributed by atoms with van der Waals surface area (Å²) in [6, 6.07) is 9.14. The highest BCUT2D eigenvalue weighted by atomic mass is 79.9. The molecule has 0 aliphatic carbocycles. The van der Waals surface area contributed by atoms with Gasteiger partial charge in [0, 0.05) is 22.2 Å². The summed E-state index contributed by atoms with van der Waals surface area (Å²) in [6.45, 7) is 4.14. The maximum absolute atomic E-state index is 13.1. The number of ether oxygens (including phenoxy) is 2. The summed E-state index contributed by atoms with van der Waals surface area (Å²) in [7, 11) is 1.54. The van der Waals surface area contributed by atoms with Crippen LogP contribution in [0.15, 0.2) is 40.9 Å². The summed E-state index contributed by atoms with van der Waals surface area (Å²) in [5.41, 5.74) is 0.452. The molecule has 8 nitrogen and oxygen atoms in total. The number of nitrogens with one attached hydrogen (secondary N) is 2. The molecule has 2 aromatic carbocycles. The van der Waals surface area contributed by atoms with Gasteiger partial charge in [-0.25, -0.2) is 0 Å². The van der Waals surface area contributed by atoms with Crippen LogP contribution < -0.4 is 20.1 Å². The van der Waals surface area contributed by atoms with Crippen LogP contribution in [-0.2, 0) is 10.3 Å². The summed E-state index contributed by atoms with van der Waals surface area (Å²) in [5, 5.41) is 18.5. The summed E-state index contributed by atoms with van der Waals surface area (Å²) in [6.07, 6.45) is 0. The van der Waals surface area contributed by atoms with E-state index in [9.17, 15) is 14.9 Å². The molecule has 1 amide bonds. The fourth-order valence-electron chi connectivity index (χ4n) is 4.79. The predicted octanol–water partition coefficient (Wildman–Crippen LogP) is 3.42. The van der Waals surface area contributed by atoms with Crippen molar-refractivity contribution in [3.63, 3.8) is 0 Å². The number of halogens is 1. The van der Waals surface area contributed by atoms with Gasteiger partial charge in [-0.15, -0.1) is 0 Å². The quantitative estimate of drug-likeness (QED) is 0.507. The molecule has 0 aromatic heterocycles. The number of fused-ring (bicyclic) bond motifs is 2. The van der Waals surface area contributed by atoms with Crippen molar-refractivity contribution in [3.8, 4) is 11.5 Å². The molecule has 1 fully saturated rings. The second-order valence-corrected chi connectivity index (χ2v) is 8.32. The third kappa shape index (κ3) is 2.87. The van der Waals surface area contributed by atoms with E-state index >= 15 is 0 Å². The average Bonchev–Trinajstić information content (AvgIpc) is 3.16. The van der Waals surface area contributed by atoms with Gasteiger partial charge in [-0.05, 0) is 53.5 Å². The molecule has 2 aliphatic rings. The number of amides is 1. The normalized spacial score (nSPS) is 27.1. The third-order valence-corrected chi connectivity index (χ3v) is 6.47. The van der Waals surface area contributed by atoms with Gasteiger partial charge in [-0.1, -0.05) is 18.2 Å². The van der Waals surface area contributed by atoms with Crippen LogP contribution in [0.4, 0.5) is 5.69 Å². The van der Waals surface area contributed by atoms with Crippen LogP contribution in [0, 0.1) is 10.1 Å². The zero-order chi connectivity index (χ0) is 21.6. The Labute approximate surface area is 182 Å². The number of para-hydroxylation sites is 1. The van der Waals surface area contributed by atoms with Crippen LogP contribution in [-0.4, -0.2) is 36.6 Å². The number of benzene rings is 2. The highest BCUT2D eigenvalue weighted by Gasteiger charge is 2.67. The molecule has 158 valence electrons. The number of rotatable bonds is 5. The van der Waals surface area contributed by atoms with Crippen molar-refractivity contribution in [2.24, 2.45) is 0 Å². The number of hydrogen-bond donors (Lipinski definition) is 2. The van der Waals surface area contributed by atoms with Gasteiger partial charge in [-0.3, -0.25) is 20.2 Å². The first-order valence-corrected chi connectivity index (χ1v) is 10.5. The number of carbonyl (C=O) groups excluding carboxylic acids is 1. The van der Waals surface area contributed by atoms with Crippen LogP contribution in [0.1, 0.15) is 30.9 Å². The van der Waals surface area contributed by atoms with E-state index in [1.807, 2.05) is 13.8 Å². The largest absolute Gasteiger partial charge is 0.492 e. The lowest BCUT2D eigenvalue weighted by Crippen LogP contribution is -2.54. The highest BCUT2D eigenvalue weighted by molar-refractivity contribution is 9.10. The van der Waals surface area contributed by atoms with Crippen LogP contribution in [0.25, 0.3) is 0 Å². The molecule has 2 aromatic rings. The predicted molar refractivity (Wildman–Crippen MR) is 115 cm³/mol. The first kappa shape index (κ1) is 20.6. The molecule has 1 saturated heterocycles. The third-order valence-electron chi connectivity index (χ3n) is 5.88. The van der Waals surface area contributed by atoms with Crippen molar-refractivity contribution < 1.29 is 19.2 Å². The Morgan fingerprint density at radius 3 is 2.70 bits per heavy atom. The summed E-state index contributed by atoms with van der Waals surface area (Å²) in [4.78, 5) is 25.1. The van der Waals surface area contributed by atoms with Crippen LogP contribution >= 0.6 is 15.9 Å². The van der Waals surface area contributed by atoms with E-state index in [2.05, 4.69) is 26.6 Å². The Kier molecular flexibility index (Phi) is 5.19. The van der Waals surface area contributed by atoms with E-state index in [0.717, 1.165) is 0 Å². The smallest absolute Gasteiger partial charge is 0.256 e. The molecule has 1 spiro atoms. The lowest BCUT2D eigenvalue weighted by molar-refractivity contribution is -0.532. The zero-order valence-electron chi connectivity index (χ0n) is 16.8. The average molecular weight is 476 g/mol. The molecule has 4 atom stereocenters. The standard InChI is InChI=1S/C21H22BrN3O5/c1-4-30-16-10-12(9-14(22)18(16)29-3)17-11(2)24-21(19(17)25(27)28)13-7-5-6-8-15(13)23-20(21)26/h5-11,17,19,24H,4H2,1-3H3,(H,23,26)/t11-,17-,19-,21+/m0/s1. The van der Waals surface area contributed by atoms with Gasteiger partial charge >= 0.3 is 0 Å². The van der Waals surface area contributed by atoms with Crippen molar-refractivity contribution in [1.29, 1.82) is 0 Å². The molecule has 30 heavy (non-hydrogen) atoms. The lowest BCUT2D eigenvalue weighted by atomic mass is 9.78. The van der Waals surface area contributed by atoms with Gasteiger partial charge in [0.2, 0.25) is 0 Å². The van der Waals surface area contributed by atoms with Crippen molar-refractivity contribution >= 4 is 27.5 Å². The summed E-state index contributed by atoms with van der Waals surface area (Å²) >= 11 is 3.49. The Morgan fingerprint density at radius 2 is 2.03 bits per heavy atom. The Hall–Kier alpha value is -2.65. The maximum atomic E-state index is 13.1. The van der Waals surface area contributed by atoms with Crippen molar-refractivity contribution in [2.75, 3.05) is 19.0 Å². The van der Waals surface area contributed by atoms with Gasteiger partial charge in [-0.2, -0.15) is 0 Å². The molecular formula is C21H22BrN3O5. The summed E-state index contributed by atoms with van der Waals surface area (Å²) in [5.74, 6) is 0.0436. The Morgan fingerprint density at radius 1 is 1.30 bits per heavy atom. The molecule has 0 unspecified atom stereocenters. The van der Waals surface area contributed by atoms with E-state index in [-0.39, 0.29) is 11.0 Å². The van der Waals surface area contributed by atoms with E-state index in [0.29, 0.717) is 39.4 Å². The lowest BCUT2D eigenvalue weighted by Gasteiger charge is -2.25. The minimum Gasteiger partial charge on any atom is -0.492 e. The van der Waals surface area contributed by atoms with Gasteiger partial charge in [0.05, 0.1) is 24.1 Å². The van der Waals surface area contributed by atoms with E-state index in [4.69, 9.17) is 9.47 Å². The molecule has 0 radical (unpaired) electrons. The summed E-state index contributed by atoms with van der Waals surface area (Å²) < 4.78 is 11.8. The van der Waals surface area contributed by atoms with Crippen LogP contribution in [0.2, 0.25) is 0 Å². The first-order valence-electron chi connectivity index (χ1n) is 9.67. The number of nitrogens with zero attached hydrogens (tertiary/aromatic N) is 1. The molecule has 0 saturated carbocycles. The van der Waals surface area contributed by atoms with Crippen molar-refractivity contribution in [3.05, 3.63) is 62.1 Å². The number of hydrogen-bond acceptors (Lipinski definition) is 6. The van der Waals surface area contributed by atoms with E-state index in [1.165, 1.54) is 7.11 Å². The van der Waals surface area contributed by atoms with E-state index in [1.54, 1.807) is 36.4 Å².